The minimum absolute atomic E-state index is 0.0917. The van der Waals surface area contributed by atoms with Gasteiger partial charge in [0.2, 0.25) is 0 Å². The van der Waals surface area contributed by atoms with Crippen molar-refractivity contribution in [2.45, 2.75) is 25.4 Å². The Balaban J connectivity index is 1.79. The fourth-order valence-electron chi connectivity index (χ4n) is 2.56. The zero-order valence-corrected chi connectivity index (χ0v) is 12.8. The van der Waals surface area contributed by atoms with Crippen molar-refractivity contribution in [1.29, 1.82) is 0 Å². The number of aliphatic imine (C=N–C) groups is 1. The number of nitrogens with zero attached hydrogens (tertiary/aromatic N) is 1. The first-order valence-corrected chi connectivity index (χ1v) is 8.00. The third-order valence-electron chi connectivity index (χ3n) is 3.54. The minimum atomic E-state index is 0.0917. The largest absolute Gasteiger partial charge is 0.494 e. The molecule has 0 aliphatic carbocycles. The molecule has 1 aromatic heterocycles. The van der Waals surface area contributed by atoms with E-state index in [1.807, 2.05) is 19.1 Å². The smallest absolute Gasteiger partial charge is 0.189 e. The Morgan fingerprint density at radius 3 is 2.81 bits per heavy atom. The quantitative estimate of drug-likeness (QED) is 0.911. The molecule has 3 N–H and O–H groups in total. The summed E-state index contributed by atoms with van der Waals surface area (Å²) in [5.74, 6) is 1.40. The van der Waals surface area contributed by atoms with Crippen LogP contribution in [0.1, 0.15) is 35.9 Å². The summed E-state index contributed by atoms with van der Waals surface area (Å²) in [5, 5.41) is 5.35. The number of nitrogens with two attached hydrogens (primary N) is 1. The van der Waals surface area contributed by atoms with Crippen LogP contribution in [0.25, 0.3) is 0 Å². The molecular weight excluding hydrogens is 282 g/mol. The number of benzene rings is 1. The summed E-state index contributed by atoms with van der Waals surface area (Å²) < 4.78 is 5.48. The predicted molar refractivity (Wildman–Crippen MR) is 86.8 cm³/mol. The number of ether oxygens (including phenoxy) is 1. The molecule has 1 aliphatic rings. The highest BCUT2D eigenvalue weighted by molar-refractivity contribution is 7.10. The molecule has 3 rings (SSSR count). The van der Waals surface area contributed by atoms with Crippen molar-refractivity contribution >= 4 is 17.3 Å². The maximum Gasteiger partial charge on any atom is 0.189 e. The summed E-state index contributed by atoms with van der Waals surface area (Å²) in [7, 11) is 0. The zero-order chi connectivity index (χ0) is 14.7. The molecule has 5 heteroatoms. The van der Waals surface area contributed by atoms with Gasteiger partial charge in [0.25, 0.3) is 0 Å². The monoisotopic (exact) mass is 301 g/mol. The molecule has 4 nitrogen and oxygen atoms in total. The number of rotatable bonds is 4. The highest BCUT2D eigenvalue weighted by Gasteiger charge is 2.25. The molecule has 2 atom stereocenters. The van der Waals surface area contributed by atoms with E-state index in [9.17, 15) is 0 Å². The van der Waals surface area contributed by atoms with Gasteiger partial charge in [0.05, 0.1) is 18.7 Å². The summed E-state index contributed by atoms with van der Waals surface area (Å²) in [6, 6.07) is 12.7. The first-order chi connectivity index (χ1) is 10.3. The van der Waals surface area contributed by atoms with Gasteiger partial charge in [-0.1, -0.05) is 18.2 Å². The van der Waals surface area contributed by atoms with Crippen LogP contribution in [0.2, 0.25) is 0 Å². The summed E-state index contributed by atoms with van der Waals surface area (Å²) in [4.78, 5) is 5.83. The van der Waals surface area contributed by atoms with E-state index in [-0.39, 0.29) is 12.1 Å². The van der Waals surface area contributed by atoms with Crippen LogP contribution in [0.15, 0.2) is 46.8 Å². The molecule has 0 saturated heterocycles. The molecule has 0 radical (unpaired) electrons. The van der Waals surface area contributed by atoms with Crippen molar-refractivity contribution in [2.75, 3.05) is 6.61 Å². The normalized spacial score (nSPS) is 21.5. The summed E-state index contributed by atoms with van der Waals surface area (Å²) >= 11 is 1.74. The van der Waals surface area contributed by atoms with Gasteiger partial charge in [-0.15, -0.1) is 11.3 Å². The highest BCUT2D eigenvalue weighted by atomic mass is 32.1. The van der Waals surface area contributed by atoms with Crippen LogP contribution in [0, 0.1) is 0 Å². The molecule has 0 spiro atoms. The molecule has 0 saturated carbocycles. The van der Waals surface area contributed by atoms with Crippen LogP contribution in [0.5, 0.6) is 5.75 Å². The molecule has 2 heterocycles. The molecule has 1 aromatic carbocycles. The Hall–Kier alpha value is -2.01. The first kappa shape index (κ1) is 13.9. The Morgan fingerprint density at radius 1 is 1.33 bits per heavy atom. The van der Waals surface area contributed by atoms with Crippen molar-refractivity contribution in [1.82, 2.24) is 5.32 Å². The average Bonchev–Trinajstić information content (AvgIpc) is 3.02. The molecule has 110 valence electrons. The van der Waals surface area contributed by atoms with E-state index < -0.39 is 0 Å². The van der Waals surface area contributed by atoms with E-state index in [0.29, 0.717) is 12.6 Å². The van der Waals surface area contributed by atoms with E-state index in [1.165, 1.54) is 10.4 Å². The molecule has 0 amide bonds. The molecular formula is C16H19N3OS. The van der Waals surface area contributed by atoms with E-state index in [0.717, 1.165) is 12.2 Å². The van der Waals surface area contributed by atoms with E-state index in [4.69, 9.17) is 10.5 Å². The van der Waals surface area contributed by atoms with E-state index >= 15 is 0 Å². The lowest BCUT2D eigenvalue weighted by Crippen LogP contribution is -2.39. The van der Waals surface area contributed by atoms with Gasteiger partial charge in [0.15, 0.2) is 5.96 Å². The van der Waals surface area contributed by atoms with E-state index in [1.54, 1.807) is 11.3 Å². The van der Waals surface area contributed by atoms with Crippen molar-refractivity contribution in [3.8, 4) is 5.75 Å². The zero-order valence-electron chi connectivity index (χ0n) is 12.0. The number of nitrogens with one attached hydrogen (secondary N) is 1. The highest BCUT2D eigenvalue weighted by Crippen LogP contribution is 2.34. The predicted octanol–water partition coefficient (Wildman–Crippen LogP) is 3.24. The van der Waals surface area contributed by atoms with Crippen molar-refractivity contribution < 1.29 is 4.74 Å². The lowest BCUT2D eigenvalue weighted by atomic mass is 9.97. The summed E-state index contributed by atoms with van der Waals surface area (Å²) in [6.45, 7) is 2.66. The third kappa shape index (κ3) is 3.19. The first-order valence-electron chi connectivity index (χ1n) is 7.12. The molecule has 2 unspecified atom stereocenters. The fraction of sp³-hybridized carbons (Fsp3) is 0.312. The standard InChI is InChI=1S/C16H19N3OS/c1-2-20-12-7-5-11(6-8-12)13-10-14(19-16(17)18-13)15-4-3-9-21-15/h3-9,13-14H,2,10H2,1H3,(H3,17,18,19). The van der Waals surface area contributed by atoms with Gasteiger partial charge in [0.1, 0.15) is 5.75 Å². The third-order valence-corrected chi connectivity index (χ3v) is 4.52. The molecule has 21 heavy (non-hydrogen) atoms. The number of hydrogen-bond donors (Lipinski definition) is 2. The Morgan fingerprint density at radius 2 is 2.14 bits per heavy atom. The van der Waals surface area contributed by atoms with Gasteiger partial charge in [-0.2, -0.15) is 0 Å². The second-order valence-electron chi connectivity index (χ2n) is 4.98. The fourth-order valence-corrected chi connectivity index (χ4v) is 3.35. The number of thiophene rings is 1. The average molecular weight is 301 g/mol. The summed E-state index contributed by atoms with van der Waals surface area (Å²) in [6.07, 6.45) is 0.912. The lowest BCUT2D eigenvalue weighted by molar-refractivity contribution is 0.340. The maximum absolute atomic E-state index is 5.96. The number of hydrogen-bond acceptors (Lipinski definition) is 5. The van der Waals surface area contributed by atoms with E-state index in [2.05, 4.69) is 40.0 Å². The van der Waals surface area contributed by atoms with Gasteiger partial charge in [0, 0.05) is 4.88 Å². The van der Waals surface area contributed by atoms with Crippen molar-refractivity contribution in [3.05, 3.63) is 52.2 Å². The van der Waals surface area contributed by atoms with Crippen LogP contribution < -0.4 is 15.8 Å². The molecule has 1 aliphatic heterocycles. The molecule has 2 aromatic rings. The number of guanidine groups is 1. The van der Waals surface area contributed by atoms with Crippen LogP contribution in [0.4, 0.5) is 0 Å². The van der Waals surface area contributed by atoms with Crippen LogP contribution in [-0.2, 0) is 0 Å². The molecule has 0 bridgehead atoms. The van der Waals surface area contributed by atoms with Crippen molar-refractivity contribution in [3.63, 3.8) is 0 Å². The van der Waals surface area contributed by atoms with Gasteiger partial charge < -0.3 is 15.8 Å². The SMILES string of the molecule is CCOc1ccc(C2CC(c3cccs3)NC(N)=N2)cc1. The van der Waals surface area contributed by atoms with Crippen LogP contribution in [0.3, 0.4) is 0 Å². The van der Waals surface area contributed by atoms with Gasteiger partial charge in [-0.05, 0) is 42.5 Å². The Bertz CT molecular complexity index is 607. The van der Waals surface area contributed by atoms with Crippen molar-refractivity contribution in [2.24, 2.45) is 10.7 Å². The van der Waals surface area contributed by atoms with Crippen LogP contribution in [-0.4, -0.2) is 12.6 Å². The van der Waals surface area contributed by atoms with Gasteiger partial charge in [-0.25, -0.2) is 4.99 Å². The lowest BCUT2D eigenvalue weighted by Gasteiger charge is -2.27. The topological polar surface area (TPSA) is 59.6 Å². The van der Waals surface area contributed by atoms with Gasteiger partial charge >= 0.3 is 0 Å². The Kier molecular flexibility index (Phi) is 4.10. The molecule has 0 fully saturated rings. The second-order valence-corrected chi connectivity index (χ2v) is 5.96. The second kappa shape index (κ2) is 6.18. The van der Waals surface area contributed by atoms with Crippen LogP contribution >= 0.6 is 11.3 Å². The summed E-state index contributed by atoms with van der Waals surface area (Å²) in [5.41, 5.74) is 7.13. The minimum Gasteiger partial charge on any atom is -0.494 e. The maximum atomic E-state index is 5.96. The van der Waals surface area contributed by atoms with Gasteiger partial charge in [-0.3, -0.25) is 0 Å². The Labute approximate surface area is 128 Å².